The van der Waals surface area contributed by atoms with Crippen LogP contribution in [0, 0.1) is 0 Å². The van der Waals surface area contributed by atoms with Gasteiger partial charge in [0.1, 0.15) is 24.4 Å². The molecule has 130 valence electrons. The summed E-state index contributed by atoms with van der Waals surface area (Å²) in [4.78, 5) is 0. The lowest BCUT2D eigenvalue weighted by molar-refractivity contribution is -0.318. The average Bonchev–Trinajstić information content (AvgIpc) is 2.52. The zero-order valence-electron chi connectivity index (χ0n) is 12.3. The van der Waals surface area contributed by atoms with Crippen LogP contribution in [0.4, 0.5) is 0 Å². The van der Waals surface area contributed by atoms with Crippen molar-refractivity contribution in [2.75, 3.05) is 20.3 Å². The molecule has 0 aromatic rings. The quantitative estimate of drug-likeness (QED) is 0.366. The van der Waals surface area contributed by atoms with Crippen molar-refractivity contribution < 1.29 is 44.5 Å². The van der Waals surface area contributed by atoms with E-state index >= 15 is 0 Å². The lowest BCUT2D eigenvalue weighted by Crippen LogP contribution is -2.56. The van der Waals surface area contributed by atoms with Gasteiger partial charge < -0.3 is 44.5 Å². The number of methoxy groups -OCH3 is 1. The highest BCUT2D eigenvalue weighted by Crippen LogP contribution is 2.28. The summed E-state index contributed by atoms with van der Waals surface area (Å²) in [5, 5.41) is 48.1. The van der Waals surface area contributed by atoms with E-state index in [9.17, 15) is 20.4 Å². The molecule has 0 bridgehead atoms. The van der Waals surface area contributed by atoms with Crippen LogP contribution in [0.25, 0.3) is 0 Å². The lowest BCUT2D eigenvalue weighted by atomic mass is 10.00. The van der Waals surface area contributed by atoms with Gasteiger partial charge in [0, 0.05) is 20.0 Å². The number of aliphatic hydroxyl groups excluding tert-OH is 5. The van der Waals surface area contributed by atoms with Gasteiger partial charge in [0.2, 0.25) is 0 Å². The van der Waals surface area contributed by atoms with Crippen LogP contribution >= 0.6 is 0 Å². The Balaban J connectivity index is 1.99. The van der Waals surface area contributed by atoms with Gasteiger partial charge in [-0.15, -0.1) is 0 Å². The molecule has 5 unspecified atom stereocenters. The minimum atomic E-state index is -1.20. The van der Waals surface area contributed by atoms with Crippen LogP contribution in [0.15, 0.2) is 0 Å². The van der Waals surface area contributed by atoms with Crippen LogP contribution in [0.3, 0.4) is 0 Å². The van der Waals surface area contributed by atoms with E-state index in [2.05, 4.69) is 0 Å². The van der Waals surface area contributed by atoms with Crippen molar-refractivity contribution in [3.63, 3.8) is 0 Å². The zero-order valence-corrected chi connectivity index (χ0v) is 12.3. The first-order chi connectivity index (χ1) is 10.5. The van der Waals surface area contributed by atoms with Crippen molar-refractivity contribution >= 4 is 0 Å². The van der Waals surface area contributed by atoms with Crippen molar-refractivity contribution in [2.45, 2.75) is 62.0 Å². The smallest absolute Gasteiger partial charge is 0.161 e. The third kappa shape index (κ3) is 3.94. The fourth-order valence-corrected chi connectivity index (χ4v) is 2.71. The summed E-state index contributed by atoms with van der Waals surface area (Å²) in [5.74, 6) is 0. The standard InChI is InChI=1S/C13H24O9/c1-19-10-3-7(17)13(9(5-15)21-10)22-11-2-6(16)12(18)8(4-14)20-11/h6-18H,2-5H2,1H3/t6?,7?,8?,9-,10?,11-,12+,13?/m1/s1. The van der Waals surface area contributed by atoms with E-state index in [0.717, 1.165) is 0 Å². The maximum Gasteiger partial charge on any atom is 0.161 e. The molecule has 0 aromatic heterocycles. The maximum absolute atomic E-state index is 10.1. The SMILES string of the molecule is COC1CC(O)C(O[C@@H]2CC(O)[C@H](O)C(CO)O2)[C@@H](CO)O1. The Morgan fingerprint density at radius 3 is 2.09 bits per heavy atom. The van der Waals surface area contributed by atoms with Crippen molar-refractivity contribution in [3.05, 3.63) is 0 Å². The number of rotatable bonds is 5. The number of ether oxygens (including phenoxy) is 4. The highest BCUT2D eigenvalue weighted by Gasteiger charge is 2.43. The number of hydrogen-bond donors (Lipinski definition) is 5. The summed E-state index contributed by atoms with van der Waals surface area (Å²) in [6, 6.07) is 0. The molecule has 2 fully saturated rings. The predicted molar refractivity (Wildman–Crippen MR) is 70.6 cm³/mol. The second kappa shape index (κ2) is 7.95. The summed E-state index contributed by atoms with van der Waals surface area (Å²) in [6.45, 7) is -0.861. The van der Waals surface area contributed by atoms with Crippen LogP contribution in [0.2, 0.25) is 0 Å². The largest absolute Gasteiger partial charge is 0.394 e. The molecule has 2 saturated heterocycles. The Bertz CT molecular complexity index is 341. The molecule has 5 N–H and O–H groups in total. The second-order valence-corrected chi connectivity index (χ2v) is 5.51. The van der Waals surface area contributed by atoms with Crippen LogP contribution in [0.5, 0.6) is 0 Å². The van der Waals surface area contributed by atoms with Gasteiger partial charge >= 0.3 is 0 Å². The molecular weight excluding hydrogens is 300 g/mol. The van der Waals surface area contributed by atoms with E-state index in [0.29, 0.717) is 0 Å². The summed E-state index contributed by atoms with van der Waals surface area (Å²) < 4.78 is 21.4. The molecule has 0 aliphatic carbocycles. The molecule has 22 heavy (non-hydrogen) atoms. The molecule has 0 amide bonds. The highest BCUT2D eigenvalue weighted by atomic mass is 16.7. The van der Waals surface area contributed by atoms with Gasteiger partial charge in [-0.3, -0.25) is 0 Å². The maximum atomic E-state index is 10.1. The topological polar surface area (TPSA) is 138 Å². The third-order valence-electron chi connectivity index (χ3n) is 3.97. The van der Waals surface area contributed by atoms with Crippen molar-refractivity contribution in [2.24, 2.45) is 0 Å². The van der Waals surface area contributed by atoms with E-state index in [4.69, 9.17) is 24.1 Å². The Morgan fingerprint density at radius 1 is 0.909 bits per heavy atom. The summed E-state index contributed by atoms with van der Waals surface area (Å²) in [7, 11) is 1.43. The predicted octanol–water partition coefficient (Wildman–Crippen LogP) is -2.68. The first-order valence-corrected chi connectivity index (χ1v) is 7.25. The fraction of sp³-hybridized carbons (Fsp3) is 1.00. The van der Waals surface area contributed by atoms with Crippen LogP contribution in [-0.2, 0) is 18.9 Å². The molecule has 2 rings (SSSR count). The Labute approximate surface area is 128 Å². The van der Waals surface area contributed by atoms with Gasteiger partial charge in [0.25, 0.3) is 0 Å². The first kappa shape index (κ1) is 18.0. The molecule has 2 heterocycles. The van der Waals surface area contributed by atoms with Gasteiger partial charge in [0.05, 0.1) is 25.4 Å². The molecular formula is C13H24O9. The molecule has 2 aliphatic rings. The Kier molecular flexibility index (Phi) is 6.50. The van der Waals surface area contributed by atoms with E-state index in [1.54, 1.807) is 0 Å². The summed E-state index contributed by atoms with van der Waals surface area (Å²) >= 11 is 0. The van der Waals surface area contributed by atoms with Gasteiger partial charge in [0.15, 0.2) is 12.6 Å². The Hall–Kier alpha value is -0.360. The summed E-state index contributed by atoms with van der Waals surface area (Å²) in [6.07, 6.45) is -7.36. The average molecular weight is 324 g/mol. The summed E-state index contributed by atoms with van der Waals surface area (Å²) in [5.41, 5.74) is 0. The van der Waals surface area contributed by atoms with E-state index in [1.807, 2.05) is 0 Å². The highest BCUT2D eigenvalue weighted by molar-refractivity contribution is 4.87. The Morgan fingerprint density at radius 2 is 1.50 bits per heavy atom. The van der Waals surface area contributed by atoms with E-state index < -0.39 is 55.8 Å². The molecule has 9 nitrogen and oxygen atoms in total. The normalized spacial score (nSPS) is 46.6. The molecule has 0 radical (unpaired) electrons. The number of aliphatic hydroxyl groups is 5. The molecule has 0 saturated carbocycles. The minimum absolute atomic E-state index is 0.0211. The molecule has 9 heteroatoms. The first-order valence-electron chi connectivity index (χ1n) is 7.25. The van der Waals surface area contributed by atoms with Crippen LogP contribution < -0.4 is 0 Å². The fourth-order valence-electron chi connectivity index (χ4n) is 2.71. The van der Waals surface area contributed by atoms with Gasteiger partial charge in [-0.05, 0) is 0 Å². The molecule has 8 atom stereocenters. The van der Waals surface area contributed by atoms with Gasteiger partial charge in [-0.2, -0.15) is 0 Å². The lowest BCUT2D eigenvalue weighted by Gasteiger charge is -2.42. The molecule has 0 spiro atoms. The van der Waals surface area contributed by atoms with E-state index in [-0.39, 0.29) is 19.4 Å². The second-order valence-electron chi connectivity index (χ2n) is 5.51. The third-order valence-corrected chi connectivity index (χ3v) is 3.97. The van der Waals surface area contributed by atoms with Gasteiger partial charge in [-0.1, -0.05) is 0 Å². The molecule has 2 aliphatic heterocycles. The number of hydrogen-bond acceptors (Lipinski definition) is 9. The van der Waals surface area contributed by atoms with Crippen molar-refractivity contribution in [3.8, 4) is 0 Å². The van der Waals surface area contributed by atoms with E-state index in [1.165, 1.54) is 7.11 Å². The zero-order chi connectivity index (χ0) is 16.3. The minimum Gasteiger partial charge on any atom is -0.394 e. The van der Waals surface area contributed by atoms with Crippen molar-refractivity contribution in [1.82, 2.24) is 0 Å². The van der Waals surface area contributed by atoms with Crippen LogP contribution in [-0.4, -0.2) is 95.1 Å². The van der Waals surface area contributed by atoms with Crippen molar-refractivity contribution in [1.29, 1.82) is 0 Å². The van der Waals surface area contributed by atoms with Gasteiger partial charge in [-0.25, -0.2) is 0 Å². The molecule has 0 aromatic carbocycles. The monoisotopic (exact) mass is 324 g/mol. The van der Waals surface area contributed by atoms with Crippen LogP contribution in [0.1, 0.15) is 12.8 Å².